The topological polar surface area (TPSA) is 66.8 Å². The van der Waals surface area contributed by atoms with Crippen LogP contribution in [0.15, 0.2) is 30.4 Å². The molecule has 1 aromatic carbocycles. The number of allylic oxidation sites excluding steroid dienone is 2. The number of aliphatic hydroxyl groups is 1. The minimum atomic E-state index is -0.856. The molecule has 0 spiro atoms. The van der Waals surface area contributed by atoms with Crippen LogP contribution in [0.2, 0.25) is 0 Å². The first-order valence-corrected chi connectivity index (χ1v) is 6.75. The third kappa shape index (κ3) is 2.85. The molecule has 0 saturated heterocycles. The predicted octanol–water partition coefficient (Wildman–Crippen LogP) is 2.70. The van der Waals surface area contributed by atoms with Gasteiger partial charge in [-0.2, -0.15) is 0 Å². The molecule has 20 heavy (non-hydrogen) atoms. The van der Waals surface area contributed by atoms with Gasteiger partial charge in [-0.1, -0.05) is 23.8 Å². The fourth-order valence-corrected chi connectivity index (χ4v) is 2.78. The standard InChI is InChI=1S/C16H20O4/c1-10-7-8-14(20-2)13(9-10)15(17)11-5-3-4-6-12(11)16(18)19/h3-4,7-9,11-12,15,17H,5-6H2,1-2H3,(H,18,19). The molecule has 0 bridgehead atoms. The molecule has 108 valence electrons. The van der Waals surface area contributed by atoms with Crippen molar-refractivity contribution in [3.05, 3.63) is 41.5 Å². The Morgan fingerprint density at radius 1 is 1.35 bits per heavy atom. The maximum Gasteiger partial charge on any atom is 0.307 e. The lowest BCUT2D eigenvalue weighted by molar-refractivity contribution is -0.145. The van der Waals surface area contributed by atoms with Crippen molar-refractivity contribution in [1.29, 1.82) is 0 Å². The number of aryl methyl sites for hydroxylation is 1. The second-order valence-electron chi connectivity index (χ2n) is 5.24. The highest BCUT2D eigenvalue weighted by molar-refractivity contribution is 5.71. The van der Waals surface area contributed by atoms with E-state index in [-0.39, 0.29) is 5.92 Å². The van der Waals surface area contributed by atoms with Crippen LogP contribution in [0.25, 0.3) is 0 Å². The van der Waals surface area contributed by atoms with Gasteiger partial charge in [-0.3, -0.25) is 4.79 Å². The van der Waals surface area contributed by atoms with Gasteiger partial charge in [0.1, 0.15) is 5.75 Å². The number of hydrogen-bond donors (Lipinski definition) is 2. The van der Waals surface area contributed by atoms with Gasteiger partial charge in [0, 0.05) is 11.5 Å². The summed E-state index contributed by atoms with van der Waals surface area (Å²) in [5, 5.41) is 19.9. The SMILES string of the molecule is COc1ccc(C)cc1C(O)C1CC=CCC1C(=O)O. The van der Waals surface area contributed by atoms with Crippen molar-refractivity contribution in [1.82, 2.24) is 0 Å². The zero-order valence-corrected chi connectivity index (χ0v) is 11.7. The molecule has 4 heteroatoms. The van der Waals surface area contributed by atoms with E-state index in [1.807, 2.05) is 37.3 Å². The molecule has 0 aromatic heterocycles. The van der Waals surface area contributed by atoms with E-state index in [1.165, 1.54) is 0 Å². The summed E-state index contributed by atoms with van der Waals surface area (Å²) in [6.07, 6.45) is 4.00. The first-order valence-electron chi connectivity index (χ1n) is 6.75. The summed E-state index contributed by atoms with van der Waals surface area (Å²) < 4.78 is 5.28. The minimum Gasteiger partial charge on any atom is -0.496 e. The summed E-state index contributed by atoms with van der Waals surface area (Å²) >= 11 is 0. The molecular weight excluding hydrogens is 256 g/mol. The summed E-state index contributed by atoms with van der Waals surface area (Å²) in [6.45, 7) is 1.94. The summed E-state index contributed by atoms with van der Waals surface area (Å²) in [7, 11) is 1.55. The van der Waals surface area contributed by atoms with Crippen LogP contribution in [0.3, 0.4) is 0 Å². The average Bonchev–Trinajstić information content (AvgIpc) is 2.46. The van der Waals surface area contributed by atoms with Crippen molar-refractivity contribution in [2.45, 2.75) is 25.9 Å². The highest BCUT2D eigenvalue weighted by Gasteiger charge is 2.35. The van der Waals surface area contributed by atoms with Gasteiger partial charge in [0.2, 0.25) is 0 Å². The van der Waals surface area contributed by atoms with Crippen LogP contribution in [0.1, 0.15) is 30.1 Å². The monoisotopic (exact) mass is 276 g/mol. The normalized spacial score (nSPS) is 23.4. The second kappa shape index (κ2) is 6.09. The molecule has 4 nitrogen and oxygen atoms in total. The number of benzene rings is 1. The largest absolute Gasteiger partial charge is 0.496 e. The first kappa shape index (κ1) is 14.6. The van der Waals surface area contributed by atoms with E-state index >= 15 is 0 Å². The van der Waals surface area contributed by atoms with Crippen molar-refractivity contribution >= 4 is 5.97 Å². The summed E-state index contributed by atoms with van der Waals surface area (Å²) in [5.41, 5.74) is 1.68. The Hall–Kier alpha value is -1.81. The van der Waals surface area contributed by atoms with Gasteiger partial charge < -0.3 is 14.9 Å². The maximum absolute atomic E-state index is 11.3. The Bertz CT molecular complexity index is 521. The third-order valence-electron chi connectivity index (χ3n) is 3.91. The van der Waals surface area contributed by atoms with Gasteiger partial charge in [0.25, 0.3) is 0 Å². The van der Waals surface area contributed by atoms with Crippen molar-refractivity contribution in [3.8, 4) is 5.75 Å². The van der Waals surface area contributed by atoms with Crippen LogP contribution in [0.4, 0.5) is 0 Å². The molecule has 1 aliphatic rings. The van der Waals surface area contributed by atoms with Crippen molar-refractivity contribution in [2.24, 2.45) is 11.8 Å². The number of carbonyl (C=O) groups is 1. The van der Waals surface area contributed by atoms with E-state index in [1.54, 1.807) is 7.11 Å². The predicted molar refractivity (Wildman–Crippen MR) is 75.7 cm³/mol. The van der Waals surface area contributed by atoms with Crippen molar-refractivity contribution in [3.63, 3.8) is 0 Å². The molecule has 2 rings (SSSR count). The van der Waals surface area contributed by atoms with E-state index in [0.717, 1.165) is 5.56 Å². The molecule has 2 N–H and O–H groups in total. The van der Waals surface area contributed by atoms with Gasteiger partial charge in [-0.15, -0.1) is 0 Å². The van der Waals surface area contributed by atoms with Crippen LogP contribution in [-0.2, 0) is 4.79 Å². The van der Waals surface area contributed by atoms with Crippen LogP contribution in [0, 0.1) is 18.8 Å². The lowest BCUT2D eigenvalue weighted by atomic mass is 9.77. The molecule has 3 atom stereocenters. The molecule has 0 heterocycles. The molecule has 1 aromatic rings. The van der Waals surface area contributed by atoms with Crippen LogP contribution < -0.4 is 4.74 Å². The summed E-state index contributed by atoms with van der Waals surface area (Å²) in [6, 6.07) is 5.58. The van der Waals surface area contributed by atoms with E-state index in [0.29, 0.717) is 24.2 Å². The van der Waals surface area contributed by atoms with Gasteiger partial charge >= 0.3 is 5.97 Å². The van der Waals surface area contributed by atoms with E-state index < -0.39 is 18.0 Å². The second-order valence-corrected chi connectivity index (χ2v) is 5.24. The smallest absolute Gasteiger partial charge is 0.307 e. The number of aliphatic carboxylic acids is 1. The fraction of sp³-hybridized carbons (Fsp3) is 0.438. The maximum atomic E-state index is 11.3. The molecule has 0 saturated carbocycles. The lowest BCUT2D eigenvalue weighted by Gasteiger charge is -2.30. The van der Waals surface area contributed by atoms with E-state index in [2.05, 4.69) is 0 Å². The number of rotatable bonds is 4. The highest BCUT2D eigenvalue weighted by Crippen LogP contribution is 2.39. The molecule has 0 aliphatic heterocycles. The van der Waals surface area contributed by atoms with Crippen molar-refractivity contribution < 1.29 is 19.7 Å². The Kier molecular flexibility index (Phi) is 4.45. The van der Waals surface area contributed by atoms with Gasteiger partial charge in [0.15, 0.2) is 0 Å². The zero-order valence-electron chi connectivity index (χ0n) is 11.7. The minimum absolute atomic E-state index is 0.326. The molecular formula is C16H20O4. The first-order chi connectivity index (χ1) is 9.54. The number of carboxylic acids is 1. The summed E-state index contributed by atoms with van der Waals surface area (Å²) in [5.74, 6) is -1.14. The molecule has 0 radical (unpaired) electrons. The Balaban J connectivity index is 2.34. The number of hydrogen-bond acceptors (Lipinski definition) is 3. The lowest BCUT2D eigenvalue weighted by Crippen LogP contribution is -2.30. The van der Waals surface area contributed by atoms with Crippen molar-refractivity contribution in [2.75, 3.05) is 7.11 Å². The number of methoxy groups -OCH3 is 1. The molecule has 3 unspecified atom stereocenters. The van der Waals surface area contributed by atoms with Crippen LogP contribution in [0.5, 0.6) is 5.75 Å². The van der Waals surface area contributed by atoms with Gasteiger partial charge in [-0.25, -0.2) is 0 Å². The molecule has 0 fully saturated rings. The Morgan fingerprint density at radius 2 is 2.05 bits per heavy atom. The zero-order chi connectivity index (χ0) is 14.7. The fourth-order valence-electron chi connectivity index (χ4n) is 2.78. The number of aliphatic hydroxyl groups excluding tert-OH is 1. The Morgan fingerprint density at radius 3 is 2.70 bits per heavy atom. The summed E-state index contributed by atoms with van der Waals surface area (Å²) in [4.78, 5) is 11.3. The number of carboxylic acid groups (broad SMARTS) is 1. The van der Waals surface area contributed by atoms with E-state index in [9.17, 15) is 15.0 Å². The average molecular weight is 276 g/mol. The highest BCUT2D eigenvalue weighted by atomic mass is 16.5. The third-order valence-corrected chi connectivity index (χ3v) is 3.91. The molecule has 0 amide bonds. The Labute approximate surface area is 118 Å². The van der Waals surface area contributed by atoms with Gasteiger partial charge in [-0.05, 0) is 31.9 Å². The van der Waals surface area contributed by atoms with Gasteiger partial charge in [0.05, 0.1) is 19.1 Å². The van der Waals surface area contributed by atoms with Crippen LogP contribution >= 0.6 is 0 Å². The number of ether oxygens (including phenoxy) is 1. The molecule has 1 aliphatic carbocycles. The quantitative estimate of drug-likeness (QED) is 0.830. The van der Waals surface area contributed by atoms with E-state index in [4.69, 9.17) is 4.74 Å². The van der Waals surface area contributed by atoms with Crippen LogP contribution in [-0.4, -0.2) is 23.3 Å².